The topological polar surface area (TPSA) is 58.6 Å². The third-order valence-corrected chi connectivity index (χ3v) is 2.15. The maximum Gasteiger partial charge on any atom is 0.247 e. The molecule has 0 aliphatic rings. The molecule has 0 atom stereocenters. The van der Waals surface area contributed by atoms with Crippen molar-refractivity contribution in [2.75, 3.05) is 0 Å². The summed E-state index contributed by atoms with van der Waals surface area (Å²) in [5.74, 6) is 0.724. The zero-order valence-corrected chi connectivity index (χ0v) is 10.6. The van der Waals surface area contributed by atoms with Crippen LogP contribution >= 0.6 is 0 Å². The number of pyridine rings is 1. The maximum absolute atomic E-state index is 10.9. The Kier molecular flexibility index (Phi) is 4.57. The van der Waals surface area contributed by atoms with Gasteiger partial charge in [0.1, 0.15) is 5.82 Å². The van der Waals surface area contributed by atoms with Crippen LogP contribution in [-0.2, 0) is 0 Å². The molecule has 2 rings (SSSR count). The summed E-state index contributed by atoms with van der Waals surface area (Å²) >= 11 is 0. The van der Waals surface area contributed by atoms with Crippen molar-refractivity contribution in [1.29, 1.82) is 0 Å². The first-order valence-corrected chi connectivity index (χ1v) is 5.66. The first kappa shape index (κ1) is 13.1. The van der Waals surface area contributed by atoms with E-state index in [4.69, 9.17) is 0 Å². The van der Waals surface area contributed by atoms with Crippen LogP contribution in [0.1, 0.15) is 25.2 Å². The first-order valence-electron chi connectivity index (χ1n) is 5.66. The Balaban J connectivity index is 0.000000686. The smallest absolute Gasteiger partial charge is 0.247 e. The molecule has 2 aromatic rings. The average molecular weight is 231 g/mol. The zero-order valence-electron chi connectivity index (χ0n) is 10.6. The summed E-state index contributed by atoms with van der Waals surface area (Å²) < 4.78 is 0. The predicted molar refractivity (Wildman–Crippen MR) is 68.9 cm³/mol. The van der Waals surface area contributed by atoms with E-state index in [1.165, 1.54) is 6.07 Å². The first-order chi connectivity index (χ1) is 8.16. The molecule has 0 bridgehead atoms. The summed E-state index contributed by atoms with van der Waals surface area (Å²) in [6.07, 6.45) is 3.44. The van der Waals surface area contributed by atoms with Crippen LogP contribution in [0.3, 0.4) is 0 Å². The fraction of sp³-hybridized carbons (Fsp3) is 0.308. The highest BCUT2D eigenvalue weighted by molar-refractivity contribution is 5.60. The third-order valence-electron chi connectivity index (χ3n) is 2.15. The van der Waals surface area contributed by atoms with Crippen LogP contribution < -0.4 is 5.56 Å². The number of aryl methyl sites for hydroxylation is 2. The number of nitrogens with zero attached hydrogens (tertiary/aromatic N) is 2. The minimum atomic E-state index is -0.109. The average Bonchev–Trinajstić information content (AvgIpc) is 2.36. The van der Waals surface area contributed by atoms with Crippen molar-refractivity contribution in [3.63, 3.8) is 0 Å². The maximum atomic E-state index is 10.9. The van der Waals surface area contributed by atoms with Crippen LogP contribution in [0.25, 0.3) is 11.3 Å². The summed E-state index contributed by atoms with van der Waals surface area (Å²) in [7, 11) is 0. The van der Waals surface area contributed by atoms with Gasteiger partial charge in [-0.1, -0.05) is 13.8 Å². The molecule has 2 aromatic heterocycles. The molecule has 0 saturated carbocycles. The van der Waals surface area contributed by atoms with E-state index < -0.39 is 0 Å². The predicted octanol–water partition coefficient (Wildman–Crippen LogP) is 2.47. The Morgan fingerprint density at radius 3 is 2.47 bits per heavy atom. The van der Waals surface area contributed by atoms with Gasteiger partial charge in [0.05, 0.1) is 5.69 Å². The molecule has 90 valence electrons. The molecule has 0 fully saturated rings. The quantitative estimate of drug-likeness (QED) is 0.820. The lowest BCUT2D eigenvalue weighted by molar-refractivity contribution is 1.03. The summed E-state index contributed by atoms with van der Waals surface area (Å²) in [4.78, 5) is 22.0. The summed E-state index contributed by atoms with van der Waals surface area (Å²) in [6, 6.07) is 3.25. The second-order valence-electron chi connectivity index (χ2n) is 3.39. The largest absolute Gasteiger partial charge is 0.328 e. The number of nitrogens with one attached hydrogen (secondary N) is 1. The van der Waals surface area contributed by atoms with Gasteiger partial charge in [0, 0.05) is 24.0 Å². The van der Waals surface area contributed by atoms with Crippen molar-refractivity contribution < 1.29 is 0 Å². The van der Waals surface area contributed by atoms with E-state index in [1.807, 2.05) is 27.7 Å². The molecule has 0 aliphatic heterocycles. The highest BCUT2D eigenvalue weighted by Gasteiger charge is 2.04. The van der Waals surface area contributed by atoms with Gasteiger partial charge in [0.15, 0.2) is 0 Å². The molecular weight excluding hydrogens is 214 g/mol. The lowest BCUT2D eigenvalue weighted by Gasteiger charge is -2.04. The molecule has 0 saturated heterocycles. The zero-order chi connectivity index (χ0) is 12.8. The SMILES string of the molecule is CC.Cc1ncc(C)c(-c2ccc(=O)[nH]c2)n1. The Labute approximate surface area is 101 Å². The van der Waals surface area contributed by atoms with E-state index in [1.54, 1.807) is 18.5 Å². The van der Waals surface area contributed by atoms with E-state index in [0.29, 0.717) is 0 Å². The van der Waals surface area contributed by atoms with Crippen molar-refractivity contribution in [3.05, 3.63) is 46.3 Å². The minimum Gasteiger partial charge on any atom is -0.328 e. The van der Waals surface area contributed by atoms with E-state index in [2.05, 4.69) is 15.0 Å². The van der Waals surface area contributed by atoms with Gasteiger partial charge in [-0.05, 0) is 25.5 Å². The van der Waals surface area contributed by atoms with Gasteiger partial charge in [0.25, 0.3) is 0 Å². The Morgan fingerprint density at radius 1 is 1.18 bits per heavy atom. The van der Waals surface area contributed by atoms with Gasteiger partial charge in [0.2, 0.25) is 5.56 Å². The molecule has 2 heterocycles. The standard InChI is InChI=1S/C11H11N3O.C2H6/c1-7-5-12-8(2)14-11(7)9-3-4-10(15)13-6-9;1-2/h3-6H,1-2H3,(H,13,15);1-2H3. The lowest BCUT2D eigenvalue weighted by Crippen LogP contribution is -2.03. The van der Waals surface area contributed by atoms with Gasteiger partial charge in [-0.25, -0.2) is 9.97 Å². The van der Waals surface area contributed by atoms with E-state index >= 15 is 0 Å². The number of hydrogen-bond donors (Lipinski definition) is 1. The molecular formula is C13H17N3O. The summed E-state index contributed by atoms with van der Waals surface area (Å²) in [5, 5.41) is 0. The van der Waals surface area contributed by atoms with Crippen molar-refractivity contribution in [2.24, 2.45) is 0 Å². The Morgan fingerprint density at radius 2 is 1.88 bits per heavy atom. The summed E-state index contributed by atoms with van der Waals surface area (Å²) in [5.41, 5.74) is 2.64. The number of aromatic nitrogens is 3. The van der Waals surface area contributed by atoms with Crippen molar-refractivity contribution >= 4 is 0 Å². The van der Waals surface area contributed by atoms with E-state index in [9.17, 15) is 4.79 Å². The van der Waals surface area contributed by atoms with Gasteiger partial charge in [-0.15, -0.1) is 0 Å². The molecule has 0 aliphatic carbocycles. The van der Waals surface area contributed by atoms with Crippen molar-refractivity contribution in [3.8, 4) is 11.3 Å². The molecule has 0 unspecified atom stereocenters. The van der Waals surface area contributed by atoms with Crippen molar-refractivity contribution in [1.82, 2.24) is 15.0 Å². The van der Waals surface area contributed by atoms with E-state index in [0.717, 1.165) is 22.6 Å². The van der Waals surface area contributed by atoms with Gasteiger partial charge in [-0.3, -0.25) is 4.79 Å². The third kappa shape index (κ3) is 3.24. The fourth-order valence-corrected chi connectivity index (χ4v) is 1.38. The van der Waals surface area contributed by atoms with Crippen LogP contribution in [0.2, 0.25) is 0 Å². The molecule has 4 nitrogen and oxygen atoms in total. The lowest BCUT2D eigenvalue weighted by atomic mass is 10.1. The van der Waals surface area contributed by atoms with Crippen LogP contribution in [0.15, 0.2) is 29.3 Å². The molecule has 17 heavy (non-hydrogen) atoms. The molecule has 0 radical (unpaired) electrons. The molecule has 0 amide bonds. The highest BCUT2D eigenvalue weighted by Crippen LogP contribution is 2.18. The highest BCUT2D eigenvalue weighted by atomic mass is 16.1. The fourth-order valence-electron chi connectivity index (χ4n) is 1.38. The molecule has 0 spiro atoms. The van der Waals surface area contributed by atoms with Crippen LogP contribution in [0, 0.1) is 13.8 Å². The van der Waals surface area contributed by atoms with Gasteiger partial charge < -0.3 is 4.98 Å². The number of hydrogen-bond acceptors (Lipinski definition) is 3. The normalized spacial score (nSPS) is 9.41. The van der Waals surface area contributed by atoms with E-state index in [-0.39, 0.29) is 5.56 Å². The van der Waals surface area contributed by atoms with Gasteiger partial charge >= 0.3 is 0 Å². The second kappa shape index (κ2) is 5.94. The molecule has 0 aromatic carbocycles. The van der Waals surface area contributed by atoms with Crippen LogP contribution in [0.5, 0.6) is 0 Å². The monoisotopic (exact) mass is 231 g/mol. The van der Waals surface area contributed by atoms with Crippen molar-refractivity contribution in [2.45, 2.75) is 27.7 Å². The number of H-pyrrole nitrogens is 1. The minimum absolute atomic E-state index is 0.109. The molecule has 4 heteroatoms. The molecule has 1 N–H and O–H groups in total. The van der Waals surface area contributed by atoms with Crippen LogP contribution in [0.4, 0.5) is 0 Å². The van der Waals surface area contributed by atoms with Gasteiger partial charge in [-0.2, -0.15) is 0 Å². The Hall–Kier alpha value is -1.97. The van der Waals surface area contributed by atoms with Crippen LogP contribution in [-0.4, -0.2) is 15.0 Å². The number of aromatic amines is 1. The second-order valence-corrected chi connectivity index (χ2v) is 3.39. The summed E-state index contributed by atoms with van der Waals surface area (Å²) in [6.45, 7) is 7.79. The Bertz CT molecular complexity index is 526. The number of rotatable bonds is 1.